The van der Waals surface area contributed by atoms with Gasteiger partial charge in [0.25, 0.3) is 0 Å². The van der Waals surface area contributed by atoms with Gasteiger partial charge in [0.15, 0.2) is 0 Å². The van der Waals surface area contributed by atoms with Crippen molar-refractivity contribution in [2.24, 2.45) is 0 Å². The van der Waals surface area contributed by atoms with Crippen LogP contribution in [0.15, 0.2) is 71.3 Å². The van der Waals surface area contributed by atoms with Gasteiger partial charge in [0, 0.05) is 17.1 Å². The van der Waals surface area contributed by atoms with Crippen molar-refractivity contribution in [1.82, 2.24) is 9.80 Å². The van der Waals surface area contributed by atoms with Crippen LogP contribution in [-0.4, -0.2) is 52.9 Å². The maximum atomic E-state index is 13.4. The van der Waals surface area contributed by atoms with Crippen LogP contribution in [0, 0.1) is 0 Å². The first kappa shape index (κ1) is 26.3. The van der Waals surface area contributed by atoms with Crippen molar-refractivity contribution in [3.05, 3.63) is 82.4 Å². The fraction of sp³-hybridized carbons (Fsp3) is 0.333. The average molecular weight is 525 g/mol. The van der Waals surface area contributed by atoms with Crippen molar-refractivity contribution in [2.45, 2.75) is 44.9 Å². The third kappa shape index (κ3) is 6.32. The quantitative estimate of drug-likeness (QED) is 0.242. The standard InChI is InChI=1S/C27H28N2O7S/c1-34-23(30)15-9-8-14-22-24-21(18-37-22)28(26(32)35-16-19-10-4-2-5-11-19)25(31)29(24)27(33)36-17-20-12-6-3-7-13-20/h2-7,10-13,21H,8-9,14-18H2,1H3/t21-/m0/s1. The molecule has 2 aliphatic heterocycles. The summed E-state index contributed by atoms with van der Waals surface area (Å²) in [5.74, 6) is 0.125. The van der Waals surface area contributed by atoms with E-state index in [1.165, 1.54) is 18.9 Å². The molecule has 0 unspecified atom stereocenters. The first-order valence-electron chi connectivity index (χ1n) is 12.0. The summed E-state index contributed by atoms with van der Waals surface area (Å²) in [6.45, 7) is -0.0112. The molecule has 0 saturated carbocycles. The molecule has 0 N–H and O–H groups in total. The number of esters is 1. The van der Waals surface area contributed by atoms with Crippen LogP contribution >= 0.6 is 11.8 Å². The molecule has 2 aromatic carbocycles. The topological polar surface area (TPSA) is 102 Å². The molecule has 2 aliphatic rings. The van der Waals surface area contributed by atoms with Gasteiger partial charge in [0.05, 0.1) is 18.8 Å². The number of unbranched alkanes of at least 4 members (excludes halogenated alkanes) is 1. The zero-order valence-electron chi connectivity index (χ0n) is 20.5. The predicted molar refractivity (Wildman–Crippen MR) is 136 cm³/mol. The maximum absolute atomic E-state index is 13.4. The Balaban J connectivity index is 1.50. The fourth-order valence-electron chi connectivity index (χ4n) is 4.14. The lowest BCUT2D eigenvalue weighted by atomic mass is 10.1. The summed E-state index contributed by atoms with van der Waals surface area (Å²) >= 11 is 1.48. The molecule has 9 nitrogen and oxygen atoms in total. The Hall–Kier alpha value is -3.79. The number of hydrogen-bond acceptors (Lipinski definition) is 8. The lowest BCUT2D eigenvalue weighted by Crippen LogP contribution is -2.42. The molecule has 0 aromatic heterocycles. The number of rotatable bonds is 9. The van der Waals surface area contributed by atoms with Crippen LogP contribution in [-0.2, 0) is 32.2 Å². The SMILES string of the molecule is COC(=O)CCCCC1=C2[C@H](CS1)N(C(=O)OCc1ccccc1)C(=O)N2C(=O)OCc1ccccc1. The van der Waals surface area contributed by atoms with Gasteiger partial charge in [-0.15, -0.1) is 11.8 Å². The molecular weight excluding hydrogens is 496 g/mol. The summed E-state index contributed by atoms with van der Waals surface area (Å²) in [6, 6.07) is 16.8. The van der Waals surface area contributed by atoms with E-state index in [2.05, 4.69) is 4.74 Å². The molecule has 0 aliphatic carbocycles. The zero-order chi connectivity index (χ0) is 26.2. The number of amides is 4. The number of imide groups is 2. The molecule has 2 aromatic rings. The molecule has 1 saturated heterocycles. The second kappa shape index (κ2) is 12.4. The first-order chi connectivity index (χ1) is 18.0. The van der Waals surface area contributed by atoms with Crippen molar-refractivity contribution in [2.75, 3.05) is 12.9 Å². The van der Waals surface area contributed by atoms with E-state index in [1.54, 1.807) is 0 Å². The Morgan fingerprint density at radius 1 is 0.892 bits per heavy atom. The monoisotopic (exact) mass is 524 g/mol. The fourth-order valence-corrected chi connectivity index (χ4v) is 5.47. The number of hydrogen-bond donors (Lipinski definition) is 0. The number of benzene rings is 2. The Bertz CT molecular complexity index is 1170. The van der Waals surface area contributed by atoms with Gasteiger partial charge in [-0.1, -0.05) is 60.7 Å². The minimum absolute atomic E-state index is 0.00119. The molecule has 0 bridgehead atoms. The Morgan fingerprint density at radius 2 is 1.49 bits per heavy atom. The van der Waals surface area contributed by atoms with Crippen LogP contribution in [0.25, 0.3) is 0 Å². The number of carbonyl (C=O) groups excluding carboxylic acids is 4. The van der Waals surface area contributed by atoms with E-state index < -0.39 is 24.3 Å². The highest BCUT2D eigenvalue weighted by atomic mass is 32.2. The third-order valence-corrected chi connectivity index (χ3v) is 7.26. The lowest BCUT2D eigenvalue weighted by molar-refractivity contribution is -0.140. The van der Waals surface area contributed by atoms with Crippen LogP contribution < -0.4 is 0 Å². The minimum atomic E-state index is -0.846. The molecule has 10 heteroatoms. The van der Waals surface area contributed by atoms with Gasteiger partial charge < -0.3 is 14.2 Å². The largest absolute Gasteiger partial charge is 0.469 e. The highest BCUT2D eigenvalue weighted by molar-refractivity contribution is 8.03. The van der Waals surface area contributed by atoms with E-state index >= 15 is 0 Å². The molecule has 0 radical (unpaired) electrons. The number of nitrogens with zero attached hydrogens (tertiary/aromatic N) is 2. The van der Waals surface area contributed by atoms with Gasteiger partial charge in [-0.25, -0.2) is 19.3 Å². The first-order valence-corrected chi connectivity index (χ1v) is 13.0. The van der Waals surface area contributed by atoms with Crippen molar-refractivity contribution in [1.29, 1.82) is 0 Å². The van der Waals surface area contributed by atoms with Gasteiger partial charge in [-0.05, 0) is 30.4 Å². The highest BCUT2D eigenvalue weighted by Crippen LogP contribution is 2.44. The predicted octanol–water partition coefficient (Wildman–Crippen LogP) is 5.46. The second-order valence-corrected chi connectivity index (χ2v) is 9.60. The molecule has 0 spiro atoms. The van der Waals surface area contributed by atoms with Crippen molar-refractivity contribution < 1.29 is 33.4 Å². The molecule has 4 amide bonds. The third-order valence-electron chi connectivity index (χ3n) is 6.02. The Morgan fingerprint density at radius 3 is 2.08 bits per heavy atom. The summed E-state index contributed by atoms with van der Waals surface area (Å²) in [5, 5.41) is 0. The van der Waals surface area contributed by atoms with Crippen molar-refractivity contribution in [3.8, 4) is 0 Å². The van der Waals surface area contributed by atoms with E-state index in [9.17, 15) is 19.2 Å². The molecule has 1 fully saturated rings. The Kier molecular flexibility index (Phi) is 8.84. The van der Waals surface area contributed by atoms with E-state index in [1.807, 2.05) is 60.7 Å². The van der Waals surface area contributed by atoms with Gasteiger partial charge in [-0.3, -0.25) is 4.79 Å². The minimum Gasteiger partial charge on any atom is -0.469 e. The number of urea groups is 1. The van der Waals surface area contributed by atoms with Gasteiger partial charge in [-0.2, -0.15) is 4.90 Å². The van der Waals surface area contributed by atoms with Crippen LogP contribution in [0.4, 0.5) is 14.4 Å². The van der Waals surface area contributed by atoms with Gasteiger partial charge >= 0.3 is 24.2 Å². The van der Waals surface area contributed by atoms with Crippen LogP contribution in [0.1, 0.15) is 36.8 Å². The molecule has 37 heavy (non-hydrogen) atoms. The highest BCUT2D eigenvalue weighted by Gasteiger charge is 2.53. The number of thioether (sulfide) groups is 1. The molecule has 2 heterocycles. The van der Waals surface area contributed by atoms with Crippen molar-refractivity contribution >= 4 is 35.9 Å². The average Bonchev–Trinajstić information content (AvgIpc) is 3.45. The maximum Gasteiger partial charge on any atom is 0.422 e. The smallest absolute Gasteiger partial charge is 0.422 e. The van der Waals surface area contributed by atoms with Crippen LogP contribution in [0.3, 0.4) is 0 Å². The summed E-state index contributed by atoms with van der Waals surface area (Å²) in [7, 11) is 1.35. The zero-order valence-corrected chi connectivity index (χ0v) is 21.3. The number of methoxy groups -OCH3 is 1. The number of ether oxygens (including phenoxy) is 3. The summed E-state index contributed by atoms with van der Waals surface area (Å²) < 4.78 is 15.6. The van der Waals surface area contributed by atoms with Crippen LogP contribution in [0.2, 0.25) is 0 Å². The molecular formula is C27H28N2O7S. The van der Waals surface area contributed by atoms with Gasteiger partial charge in [0.2, 0.25) is 0 Å². The van der Waals surface area contributed by atoms with E-state index in [0.29, 0.717) is 30.7 Å². The Labute approximate surface area is 219 Å². The van der Waals surface area contributed by atoms with Crippen LogP contribution in [0.5, 0.6) is 0 Å². The molecule has 194 valence electrons. The summed E-state index contributed by atoms with van der Waals surface area (Å²) in [6.07, 6.45) is 0.434. The van der Waals surface area contributed by atoms with Gasteiger partial charge in [0.1, 0.15) is 13.2 Å². The molecule has 1 atom stereocenters. The van der Waals surface area contributed by atoms with E-state index in [4.69, 9.17) is 9.47 Å². The van der Waals surface area contributed by atoms with Crippen molar-refractivity contribution in [3.63, 3.8) is 0 Å². The lowest BCUT2D eigenvalue weighted by Gasteiger charge is -2.19. The summed E-state index contributed by atoms with van der Waals surface area (Å²) in [4.78, 5) is 53.7. The van der Waals surface area contributed by atoms with E-state index in [-0.39, 0.29) is 25.6 Å². The number of carbonyl (C=O) groups is 4. The normalized spacial score (nSPS) is 16.6. The summed E-state index contributed by atoms with van der Waals surface area (Å²) in [5.41, 5.74) is 2.00. The number of fused-ring (bicyclic) bond motifs is 1. The molecule has 4 rings (SSSR count). The van der Waals surface area contributed by atoms with E-state index in [0.717, 1.165) is 25.8 Å². The number of allylic oxidation sites excluding steroid dienone is 1. The second-order valence-electron chi connectivity index (χ2n) is 8.49.